The molecule has 8 heteroatoms. The molecule has 0 saturated carbocycles. The fraction of sp³-hybridized carbons (Fsp3) is 0.0833. The number of rotatable bonds is 3. The highest BCUT2D eigenvalue weighted by atomic mass is 16.3. The van der Waals surface area contributed by atoms with E-state index < -0.39 is 5.91 Å². The summed E-state index contributed by atoms with van der Waals surface area (Å²) in [4.78, 5) is 23.7. The molecule has 1 amide bonds. The summed E-state index contributed by atoms with van der Waals surface area (Å²) in [5.74, 6) is 4.99. The average Bonchev–Trinajstić information content (AvgIpc) is 3.10. The highest BCUT2D eigenvalue weighted by molar-refractivity contribution is 5.94. The molecule has 0 aliphatic rings. The van der Waals surface area contributed by atoms with Gasteiger partial charge in [0.25, 0.3) is 11.5 Å². The van der Waals surface area contributed by atoms with E-state index in [0.717, 1.165) is 0 Å². The summed E-state index contributed by atoms with van der Waals surface area (Å²) in [5.41, 5.74) is 2.56. The van der Waals surface area contributed by atoms with Crippen LogP contribution >= 0.6 is 0 Å². The number of nitrogens with two attached hydrogens (primary N) is 1. The third-order valence-corrected chi connectivity index (χ3v) is 2.97. The van der Waals surface area contributed by atoms with Gasteiger partial charge in [-0.05, 0) is 12.1 Å². The molecule has 0 unspecified atom stereocenters. The number of carbonyl (C=O) groups excluding carboxylic acids is 1. The zero-order valence-electron chi connectivity index (χ0n) is 10.3. The lowest BCUT2D eigenvalue weighted by Gasteiger charge is -2.05. The molecule has 0 saturated heterocycles. The molecule has 0 aliphatic carbocycles. The lowest BCUT2D eigenvalue weighted by Crippen LogP contribution is -2.31. The standard InChI is InChI=1S/C12H11N5O3/c13-15-11(18)8-2-6-20-10(8)7-16-4-5-17-9(12(16)19)1-3-14-17/h1-6H,7,13H2,(H,15,18). The zero-order chi connectivity index (χ0) is 14.1. The van der Waals surface area contributed by atoms with Crippen LogP contribution in [0, 0.1) is 0 Å². The van der Waals surface area contributed by atoms with E-state index >= 15 is 0 Å². The molecule has 3 aromatic rings. The lowest BCUT2D eigenvalue weighted by atomic mass is 10.2. The maximum absolute atomic E-state index is 12.2. The van der Waals surface area contributed by atoms with Crippen molar-refractivity contribution in [3.8, 4) is 0 Å². The number of nitrogen functional groups attached to an aromatic ring is 1. The van der Waals surface area contributed by atoms with Crippen LogP contribution in [-0.4, -0.2) is 20.1 Å². The predicted molar refractivity (Wildman–Crippen MR) is 68.9 cm³/mol. The quantitative estimate of drug-likeness (QED) is 0.388. The van der Waals surface area contributed by atoms with Gasteiger partial charge in [0.15, 0.2) is 0 Å². The third-order valence-electron chi connectivity index (χ3n) is 2.97. The maximum atomic E-state index is 12.2. The molecule has 102 valence electrons. The van der Waals surface area contributed by atoms with Crippen molar-refractivity contribution >= 4 is 11.4 Å². The van der Waals surface area contributed by atoms with Crippen LogP contribution in [0.4, 0.5) is 0 Å². The van der Waals surface area contributed by atoms with Gasteiger partial charge in [-0.2, -0.15) is 5.10 Å². The smallest absolute Gasteiger partial charge is 0.276 e. The van der Waals surface area contributed by atoms with Gasteiger partial charge in [0, 0.05) is 12.4 Å². The third kappa shape index (κ3) is 1.88. The Kier molecular flexibility index (Phi) is 2.84. The van der Waals surface area contributed by atoms with E-state index in [0.29, 0.717) is 16.8 Å². The Morgan fingerprint density at radius 2 is 2.25 bits per heavy atom. The van der Waals surface area contributed by atoms with Crippen molar-refractivity contribution in [3.63, 3.8) is 0 Å². The minimum atomic E-state index is -0.466. The molecule has 3 rings (SSSR count). The molecule has 3 N–H and O–H groups in total. The van der Waals surface area contributed by atoms with Crippen LogP contribution in [0.3, 0.4) is 0 Å². The number of carbonyl (C=O) groups is 1. The van der Waals surface area contributed by atoms with Crippen molar-refractivity contribution in [2.24, 2.45) is 5.84 Å². The van der Waals surface area contributed by atoms with Gasteiger partial charge in [0.2, 0.25) is 0 Å². The Morgan fingerprint density at radius 3 is 3.05 bits per heavy atom. The monoisotopic (exact) mass is 273 g/mol. The van der Waals surface area contributed by atoms with E-state index in [9.17, 15) is 9.59 Å². The van der Waals surface area contributed by atoms with Gasteiger partial charge in [0.1, 0.15) is 11.3 Å². The second-order valence-corrected chi connectivity index (χ2v) is 4.12. The molecule has 0 radical (unpaired) electrons. The van der Waals surface area contributed by atoms with Crippen molar-refractivity contribution in [2.45, 2.75) is 6.54 Å². The molecule has 0 fully saturated rings. The summed E-state index contributed by atoms with van der Waals surface area (Å²) >= 11 is 0. The molecule has 0 spiro atoms. The first-order valence-corrected chi connectivity index (χ1v) is 5.81. The van der Waals surface area contributed by atoms with E-state index in [-0.39, 0.29) is 12.1 Å². The van der Waals surface area contributed by atoms with Gasteiger partial charge in [-0.3, -0.25) is 15.0 Å². The molecule has 0 atom stereocenters. The van der Waals surface area contributed by atoms with Gasteiger partial charge in [-0.25, -0.2) is 10.4 Å². The summed E-state index contributed by atoms with van der Waals surface area (Å²) in [6, 6.07) is 3.12. The summed E-state index contributed by atoms with van der Waals surface area (Å²) in [5, 5.41) is 3.98. The Bertz CT molecular complexity index is 829. The fourth-order valence-electron chi connectivity index (χ4n) is 1.98. The highest BCUT2D eigenvalue weighted by Crippen LogP contribution is 2.11. The largest absolute Gasteiger partial charge is 0.467 e. The van der Waals surface area contributed by atoms with Crippen molar-refractivity contribution in [1.82, 2.24) is 19.6 Å². The number of nitrogens with zero attached hydrogens (tertiary/aromatic N) is 3. The van der Waals surface area contributed by atoms with Crippen molar-refractivity contribution in [1.29, 1.82) is 0 Å². The second kappa shape index (κ2) is 4.67. The van der Waals surface area contributed by atoms with Crippen LogP contribution in [-0.2, 0) is 6.54 Å². The first-order valence-electron chi connectivity index (χ1n) is 5.81. The minimum absolute atomic E-state index is 0.135. The molecular formula is C12H11N5O3. The topological polar surface area (TPSA) is 108 Å². The molecular weight excluding hydrogens is 262 g/mol. The molecule has 3 aromatic heterocycles. The summed E-state index contributed by atoms with van der Waals surface area (Å²) in [6.07, 6.45) is 6.15. The van der Waals surface area contributed by atoms with Crippen LogP contribution in [0.25, 0.3) is 5.52 Å². The fourth-order valence-corrected chi connectivity index (χ4v) is 1.98. The Labute approximate surface area is 112 Å². The van der Waals surface area contributed by atoms with Gasteiger partial charge >= 0.3 is 0 Å². The summed E-state index contributed by atoms with van der Waals surface area (Å²) < 4.78 is 8.16. The molecule has 0 aliphatic heterocycles. The predicted octanol–water partition coefficient (Wildman–Crippen LogP) is -0.259. The molecule has 20 heavy (non-hydrogen) atoms. The minimum Gasteiger partial charge on any atom is -0.467 e. The highest BCUT2D eigenvalue weighted by Gasteiger charge is 2.15. The Morgan fingerprint density at radius 1 is 1.40 bits per heavy atom. The van der Waals surface area contributed by atoms with Crippen LogP contribution in [0.1, 0.15) is 16.1 Å². The van der Waals surface area contributed by atoms with Crippen LogP contribution in [0.2, 0.25) is 0 Å². The molecule has 0 aromatic carbocycles. The number of aromatic nitrogens is 3. The van der Waals surface area contributed by atoms with E-state index in [2.05, 4.69) is 5.10 Å². The van der Waals surface area contributed by atoms with Gasteiger partial charge < -0.3 is 8.98 Å². The molecule has 3 heterocycles. The molecule has 0 bridgehead atoms. The summed E-state index contributed by atoms with van der Waals surface area (Å²) in [6.45, 7) is 0.135. The van der Waals surface area contributed by atoms with Gasteiger partial charge in [-0.15, -0.1) is 0 Å². The van der Waals surface area contributed by atoms with Crippen molar-refractivity contribution in [3.05, 3.63) is 58.7 Å². The van der Waals surface area contributed by atoms with E-state index in [1.165, 1.54) is 21.4 Å². The zero-order valence-corrected chi connectivity index (χ0v) is 10.3. The first-order chi connectivity index (χ1) is 9.70. The number of hydrogen-bond acceptors (Lipinski definition) is 5. The Balaban J connectivity index is 2.02. The SMILES string of the molecule is NNC(=O)c1ccoc1Cn1ccn2nccc2c1=O. The number of hydrogen-bond donors (Lipinski definition) is 2. The van der Waals surface area contributed by atoms with Gasteiger partial charge in [-0.1, -0.05) is 0 Å². The average molecular weight is 273 g/mol. The van der Waals surface area contributed by atoms with Crippen LogP contribution in [0.15, 0.2) is 46.2 Å². The van der Waals surface area contributed by atoms with Gasteiger partial charge in [0.05, 0.1) is 24.6 Å². The van der Waals surface area contributed by atoms with Crippen molar-refractivity contribution in [2.75, 3.05) is 0 Å². The number of hydrazine groups is 1. The van der Waals surface area contributed by atoms with Crippen molar-refractivity contribution < 1.29 is 9.21 Å². The van der Waals surface area contributed by atoms with Crippen LogP contribution < -0.4 is 16.8 Å². The van der Waals surface area contributed by atoms with Crippen LogP contribution in [0.5, 0.6) is 0 Å². The second-order valence-electron chi connectivity index (χ2n) is 4.12. The first kappa shape index (κ1) is 12.2. The number of furan rings is 1. The van der Waals surface area contributed by atoms with E-state index in [1.807, 2.05) is 5.43 Å². The number of amides is 1. The van der Waals surface area contributed by atoms with E-state index in [1.54, 1.807) is 24.7 Å². The summed E-state index contributed by atoms with van der Waals surface area (Å²) in [7, 11) is 0. The maximum Gasteiger partial charge on any atom is 0.276 e. The van der Waals surface area contributed by atoms with E-state index in [4.69, 9.17) is 10.3 Å². The lowest BCUT2D eigenvalue weighted by molar-refractivity contribution is 0.0951. The number of fused-ring (bicyclic) bond motifs is 1. The Hall–Kier alpha value is -2.87. The normalized spacial score (nSPS) is 10.8. The number of nitrogens with one attached hydrogen (secondary N) is 1. The molecule has 8 nitrogen and oxygen atoms in total.